The third kappa shape index (κ3) is 5.67. The second-order valence-corrected chi connectivity index (χ2v) is 9.72. The van der Waals surface area contributed by atoms with Crippen molar-refractivity contribution in [2.75, 3.05) is 25.2 Å². The molecule has 0 aliphatic carbocycles. The molecule has 0 spiro atoms. The van der Waals surface area contributed by atoms with E-state index in [0.29, 0.717) is 12.5 Å². The molecule has 1 aliphatic rings. The van der Waals surface area contributed by atoms with Crippen LogP contribution in [0, 0.1) is 13.8 Å². The van der Waals surface area contributed by atoms with Gasteiger partial charge in [-0.15, -0.1) is 0 Å². The monoisotopic (exact) mass is 462 g/mol. The second-order valence-electron chi connectivity index (χ2n) is 8.73. The summed E-state index contributed by atoms with van der Waals surface area (Å²) in [7, 11) is 0. The minimum absolute atomic E-state index is 0.504. The number of fused-ring (bicyclic) bond motifs is 1. The summed E-state index contributed by atoms with van der Waals surface area (Å²) in [5, 5.41) is 0. The summed E-state index contributed by atoms with van der Waals surface area (Å²) in [4.78, 5) is 0. The van der Waals surface area contributed by atoms with Crippen LogP contribution in [0.5, 0.6) is 17.2 Å². The maximum absolute atomic E-state index is 6.12. The van der Waals surface area contributed by atoms with Crippen molar-refractivity contribution in [2.24, 2.45) is 0 Å². The predicted octanol–water partition coefficient (Wildman–Crippen LogP) is 7.57. The Hall–Kier alpha value is -2.59. The third-order valence-electron chi connectivity index (χ3n) is 6.25. The molecule has 3 aromatic rings. The van der Waals surface area contributed by atoms with Gasteiger partial charge in [-0.25, -0.2) is 0 Å². The van der Waals surface area contributed by atoms with E-state index in [9.17, 15) is 0 Å². The van der Waals surface area contributed by atoms with E-state index in [1.54, 1.807) is 0 Å². The van der Waals surface area contributed by atoms with Crippen LogP contribution >= 0.6 is 11.8 Å². The van der Waals surface area contributed by atoms with Crippen LogP contribution in [-0.4, -0.2) is 25.2 Å². The van der Waals surface area contributed by atoms with Gasteiger partial charge in [0.15, 0.2) is 0 Å². The molecular weight excluding hydrogens is 428 g/mol. The standard InChI is InChI=1S/C29H34O3S/c1-5-23-19-32-28-17-25(10-11-27(23)28)31-18-22-8-6-9-24(16-22)29-20(2)14-26(15-21(29)3)30-12-7-13-33-4/h6,8-11,14-17,23H,5,7,12-13,18-19H2,1-4H3. The molecular formula is C29H34O3S. The quantitative estimate of drug-likeness (QED) is 0.290. The SMILES string of the molecule is CCC1COc2cc(OCc3cccc(-c4c(C)cc(OCCCSC)cc4C)c3)ccc21. The molecule has 0 amide bonds. The molecule has 1 atom stereocenters. The number of hydrogen-bond acceptors (Lipinski definition) is 4. The third-order valence-corrected chi connectivity index (χ3v) is 6.94. The Kier molecular flexibility index (Phi) is 7.87. The maximum Gasteiger partial charge on any atom is 0.126 e. The van der Waals surface area contributed by atoms with Crippen molar-refractivity contribution in [1.29, 1.82) is 0 Å². The van der Waals surface area contributed by atoms with E-state index in [-0.39, 0.29) is 0 Å². The van der Waals surface area contributed by atoms with Gasteiger partial charge in [-0.3, -0.25) is 0 Å². The van der Waals surface area contributed by atoms with Crippen LogP contribution in [-0.2, 0) is 6.61 Å². The Bertz CT molecular complexity index is 1070. The molecule has 0 aromatic heterocycles. The molecule has 0 N–H and O–H groups in total. The van der Waals surface area contributed by atoms with Gasteiger partial charge in [0.2, 0.25) is 0 Å². The summed E-state index contributed by atoms with van der Waals surface area (Å²) in [5.41, 5.74) is 7.39. The van der Waals surface area contributed by atoms with Crippen molar-refractivity contribution in [3.8, 4) is 28.4 Å². The molecule has 3 nitrogen and oxygen atoms in total. The van der Waals surface area contributed by atoms with Crippen LogP contribution in [0.1, 0.15) is 47.9 Å². The molecule has 0 fully saturated rings. The lowest BCUT2D eigenvalue weighted by molar-refractivity contribution is 0.300. The van der Waals surface area contributed by atoms with Crippen LogP contribution in [0.15, 0.2) is 54.6 Å². The molecule has 174 valence electrons. The Labute approximate surface area is 202 Å². The number of rotatable bonds is 10. The molecule has 0 saturated heterocycles. The van der Waals surface area contributed by atoms with Crippen LogP contribution in [0.2, 0.25) is 0 Å². The summed E-state index contributed by atoms with van der Waals surface area (Å²) in [6.45, 7) is 8.59. The van der Waals surface area contributed by atoms with Crippen LogP contribution in [0.25, 0.3) is 11.1 Å². The Morgan fingerprint density at radius 2 is 1.79 bits per heavy atom. The first-order valence-electron chi connectivity index (χ1n) is 11.8. The highest BCUT2D eigenvalue weighted by molar-refractivity contribution is 7.98. The first-order valence-corrected chi connectivity index (χ1v) is 13.2. The van der Waals surface area contributed by atoms with Crippen LogP contribution in [0.3, 0.4) is 0 Å². The average Bonchev–Trinajstić information content (AvgIpc) is 3.23. The first-order chi connectivity index (χ1) is 16.1. The molecule has 1 unspecified atom stereocenters. The van der Waals surface area contributed by atoms with Gasteiger partial charge in [-0.05, 0) is 90.8 Å². The van der Waals surface area contributed by atoms with E-state index in [2.05, 4.69) is 75.6 Å². The number of hydrogen-bond donors (Lipinski definition) is 0. The van der Waals surface area contributed by atoms with Crippen molar-refractivity contribution in [3.63, 3.8) is 0 Å². The lowest BCUT2D eigenvalue weighted by atomic mass is 9.94. The highest BCUT2D eigenvalue weighted by Crippen LogP contribution is 2.38. The minimum Gasteiger partial charge on any atom is -0.494 e. The molecule has 3 aromatic carbocycles. The van der Waals surface area contributed by atoms with Crippen molar-refractivity contribution in [2.45, 2.75) is 46.1 Å². The van der Waals surface area contributed by atoms with E-state index in [0.717, 1.165) is 54.6 Å². The smallest absolute Gasteiger partial charge is 0.126 e. The van der Waals surface area contributed by atoms with E-state index in [4.69, 9.17) is 14.2 Å². The topological polar surface area (TPSA) is 27.7 Å². The number of aryl methyl sites for hydroxylation is 2. The Morgan fingerprint density at radius 1 is 0.970 bits per heavy atom. The number of ether oxygens (including phenoxy) is 3. The molecule has 1 heterocycles. The summed E-state index contributed by atoms with van der Waals surface area (Å²) in [5.74, 6) is 4.41. The van der Waals surface area contributed by atoms with Gasteiger partial charge in [0.25, 0.3) is 0 Å². The van der Waals surface area contributed by atoms with Gasteiger partial charge >= 0.3 is 0 Å². The molecule has 1 aliphatic heterocycles. The molecule has 4 heteroatoms. The molecule has 0 bridgehead atoms. The maximum atomic E-state index is 6.12. The molecule has 4 rings (SSSR count). The summed E-state index contributed by atoms with van der Waals surface area (Å²) >= 11 is 1.86. The highest BCUT2D eigenvalue weighted by atomic mass is 32.2. The summed E-state index contributed by atoms with van der Waals surface area (Å²) < 4.78 is 17.9. The predicted molar refractivity (Wildman–Crippen MR) is 139 cm³/mol. The van der Waals surface area contributed by atoms with Gasteiger partial charge < -0.3 is 14.2 Å². The summed E-state index contributed by atoms with van der Waals surface area (Å²) in [6.07, 6.45) is 4.30. The van der Waals surface area contributed by atoms with Gasteiger partial charge in [-0.2, -0.15) is 11.8 Å². The van der Waals surface area contributed by atoms with E-state index in [1.807, 2.05) is 17.8 Å². The fourth-order valence-electron chi connectivity index (χ4n) is 4.52. The van der Waals surface area contributed by atoms with Gasteiger partial charge in [0.1, 0.15) is 23.9 Å². The Balaban J connectivity index is 1.45. The van der Waals surface area contributed by atoms with Crippen molar-refractivity contribution in [3.05, 3.63) is 76.9 Å². The Morgan fingerprint density at radius 3 is 2.55 bits per heavy atom. The fraction of sp³-hybridized carbons (Fsp3) is 0.379. The van der Waals surface area contributed by atoms with Gasteiger partial charge in [0.05, 0.1) is 13.2 Å². The fourth-order valence-corrected chi connectivity index (χ4v) is 4.93. The highest BCUT2D eigenvalue weighted by Gasteiger charge is 2.22. The van der Waals surface area contributed by atoms with E-state index < -0.39 is 0 Å². The average molecular weight is 463 g/mol. The van der Waals surface area contributed by atoms with Crippen molar-refractivity contribution >= 4 is 11.8 Å². The van der Waals surface area contributed by atoms with Gasteiger partial charge in [-0.1, -0.05) is 31.2 Å². The number of thioether (sulfide) groups is 1. The molecule has 33 heavy (non-hydrogen) atoms. The minimum atomic E-state index is 0.504. The summed E-state index contributed by atoms with van der Waals surface area (Å²) in [6, 6.07) is 19.2. The van der Waals surface area contributed by atoms with Crippen LogP contribution < -0.4 is 14.2 Å². The largest absolute Gasteiger partial charge is 0.494 e. The second kappa shape index (κ2) is 11.0. The number of benzene rings is 3. The van der Waals surface area contributed by atoms with E-state index >= 15 is 0 Å². The normalized spacial score (nSPS) is 14.6. The van der Waals surface area contributed by atoms with Crippen molar-refractivity contribution in [1.82, 2.24) is 0 Å². The zero-order valence-electron chi connectivity index (χ0n) is 20.1. The molecule has 0 radical (unpaired) electrons. The van der Waals surface area contributed by atoms with Crippen LogP contribution in [0.4, 0.5) is 0 Å². The zero-order valence-corrected chi connectivity index (χ0v) is 21.0. The zero-order chi connectivity index (χ0) is 23.2. The first kappa shape index (κ1) is 23.6. The van der Waals surface area contributed by atoms with Gasteiger partial charge in [0, 0.05) is 17.5 Å². The van der Waals surface area contributed by atoms with Crippen molar-refractivity contribution < 1.29 is 14.2 Å². The lowest BCUT2D eigenvalue weighted by Gasteiger charge is -2.15. The van der Waals surface area contributed by atoms with E-state index in [1.165, 1.54) is 27.8 Å². The lowest BCUT2D eigenvalue weighted by Crippen LogP contribution is -2.00. The molecule has 0 saturated carbocycles.